The van der Waals surface area contributed by atoms with Crippen LogP contribution in [0, 0.1) is 30.6 Å². The summed E-state index contributed by atoms with van der Waals surface area (Å²) < 4.78 is 0. The van der Waals surface area contributed by atoms with Crippen molar-refractivity contribution in [2.45, 2.75) is 26.3 Å². The van der Waals surface area contributed by atoms with Gasteiger partial charge in [-0.1, -0.05) is 0 Å². The largest absolute Gasteiger partial charge is 0.366 e. The van der Waals surface area contributed by atoms with Crippen LogP contribution in [0.3, 0.4) is 0 Å². The van der Waals surface area contributed by atoms with Crippen LogP contribution in [0.1, 0.15) is 24.5 Å². The summed E-state index contributed by atoms with van der Waals surface area (Å²) in [4.78, 5) is 4.13. The molecule has 0 spiro atoms. The maximum absolute atomic E-state index is 8.97. The van der Waals surface area contributed by atoms with Gasteiger partial charge in [-0.3, -0.25) is 0 Å². The highest BCUT2D eigenvalue weighted by Gasteiger charge is 2.08. The highest BCUT2D eigenvalue weighted by atomic mass is 15.0. The third-order valence-electron chi connectivity index (χ3n) is 2.08. The van der Waals surface area contributed by atoms with Gasteiger partial charge in [-0.2, -0.15) is 5.26 Å². The number of nitrogens with zero attached hydrogens (tertiary/aromatic N) is 2. The molecule has 15 heavy (non-hydrogen) atoms. The number of aryl methyl sites for hydroxylation is 1. The lowest BCUT2D eigenvalue weighted by molar-refractivity contribution is 0.820. The van der Waals surface area contributed by atoms with Crippen LogP contribution >= 0.6 is 0 Å². The van der Waals surface area contributed by atoms with Crippen molar-refractivity contribution in [3.05, 3.63) is 23.4 Å². The number of rotatable bonds is 3. The average molecular weight is 199 g/mol. The molecule has 1 rings (SSSR count). The number of hydrogen-bond acceptors (Lipinski definition) is 3. The number of nitrogens with one attached hydrogen (secondary N) is 1. The van der Waals surface area contributed by atoms with Crippen LogP contribution in [-0.2, 0) is 0 Å². The van der Waals surface area contributed by atoms with Crippen LogP contribution in [-0.4, -0.2) is 11.0 Å². The molecule has 1 heterocycles. The quantitative estimate of drug-likeness (QED) is 0.758. The first kappa shape index (κ1) is 11.1. The molecule has 76 valence electrons. The summed E-state index contributed by atoms with van der Waals surface area (Å²) in [5, 5.41) is 12.1. The Bertz CT molecular complexity index is 423. The highest BCUT2D eigenvalue weighted by Crippen LogP contribution is 2.16. The Balaban J connectivity index is 2.92. The molecule has 1 unspecified atom stereocenters. The predicted octanol–water partition coefficient (Wildman–Crippen LogP) is 2.09. The van der Waals surface area contributed by atoms with Crippen molar-refractivity contribution in [1.82, 2.24) is 4.98 Å². The van der Waals surface area contributed by atoms with Gasteiger partial charge < -0.3 is 5.32 Å². The fourth-order valence-electron chi connectivity index (χ4n) is 1.27. The second-order valence-electron chi connectivity index (χ2n) is 3.42. The van der Waals surface area contributed by atoms with Gasteiger partial charge >= 0.3 is 0 Å². The van der Waals surface area contributed by atoms with Gasteiger partial charge in [0.15, 0.2) is 0 Å². The number of terminal acetylenes is 1. The van der Waals surface area contributed by atoms with E-state index < -0.39 is 0 Å². The molecule has 1 aromatic heterocycles. The second-order valence-corrected chi connectivity index (χ2v) is 3.42. The second kappa shape index (κ2) is 5.02. The molecule has 0 saturated heterocycles. The van der Waals surface area contributed by atoms with Crippen molar-refractivity contribution < 1.29 is 0 Å². The molecular formula is C12H13N3. The van der Waals surface area contributed by atoms with Gasteiger partial charge in [0.05, 0.1) is 5.56 Å². The normalized spacial score (nSPS) is 11.2. The fourth-order valence-corrected chi connectivity index (χ4v) is 1.27. The van der Waals surface area contributed by atoms with Gasteiger partial charge in [-0.25, -0.2) is 4.98 Å². The van der Waals surface area contributed by atoms with Gasteiger partial charge in [0, 0.05) is 18.7 Å². The van der Waals surface area contributed by atoms with E-state index >= 15 is 0 Å². The molecule has 0 aliphatic heterocycles. The van der Waals surface area contributed by atoms with E-state index in [0.717, 1.165) is 5.56 Å². The van der Waals surface area contributed by atoms with E-state index in [2.05, 4.69) is 22.3 Å². The molecule has 0 fully saturated rings. The number of nitriles is 1. The van der Waals surface area contributed by atoms with Crippen molar-refractivity contribution in [2.75, 3.05) is 5.32 Å². The number of pyridine rings is 1. The van der Waals surface area contributed by atoms with E-state index in [0.29, 0.717) is 17.8 Å². The predicted molar refractivity (Wildman–Crippen MR) is 60.2 cm³/mol. The molecular weight excluding hydrogens is 186 g/mol. The van der Waals surface area contributed by atoms with Crippen LogP contribution in [0.15, 0.2) is 12.3 Å². The van der Waals surface area contributed by atoms with E-state index in [-0.39, 0.29) is 6.04 Å². The topological polar surface area (TPSA) is 48.7 Å². The first-order valence-electron chi connectivity index (χ1n) is 4.74. The molecule has 1 aromatic rings. The number of hydrogen-bond donors (Lipinski definition) is 1. The monoisotopic (exact) mass is 199 g/mol. The van der Waals surface area contributed by atoms with Crippen LogP contribution in [0.5, 0.6) is 0 Å². The minimum Gasteiger partial charge on any atom is -0.366 e. The number of anilines is 1. The third-order valence-corrected chi connectivity index (χ3v) is 2.08. The summed E-state index contributed by atoms with van der Waals surface area (Å²) >= 11 is 0. The molecule has 0 saturated carbocycles. The van der Waals surface area contributed by atoms with Crippen LogP contribution < -0.4 is 5.32 Å². The van der Waals surface area contributed by atoms with Gasteiger partial charge in [0.1, 0.15) is 11.9 Å². The molecule has 0 aromatic carbocycles. The van der Waals surface area contributed by atoms with Gasteiger partial charge in [-0.05, 0) is 25.5 Å². The Morgan fingerprint density at radius 1 is 1.67 bits per heavy atom. The van der Waals surface area contributed by atoms with Crippen molar-refractivity contribution in [2.24, 2.45) is 0 Å². The lowest BCUT2D eigenvalue weighted by Gasteiger charge is -2.13. The zero-order valence-corrected chi connectivity index (χ0v) is 8.91. The molecule has 3 heteroatoms. The van der Waals surface area contributed by atoms with E-state index in [1.54, 1.807) is 6.20 Å². The lowest BCUT2D eigenvalue weighted by Crippen LogP contribution is -2.16. The molecule has 0 amide bonds. The molecule has 0 bridgehead atoms. The molecule has 0 aliphatic rings. The van der Waals surface area contributed by atoms with E-state index in [1.165, 1.54) is 0 Å². The van der Waals surface area contributed by atoms with Crippen molar-refractivity contribution in [3.8, 4) is 18.4 Å². The lowest BCUT2D eigenvalue weighted by atomic mass is 10.1. The van der Waals surface area contributed by atoms with Crippen molar-refractivity contribution >= 4 is 5.82 Å². The summed E-state index contributed by atoms with van der Waals surface area (Å²) in [6, 6.07) is 4.07. The first-order chi connectivity index (χ1) is 7.19. The first-order valence-corrected chi connectivity index (χ1v) is 4.74. The van der Waals surface area contributed by atoms with Crippen molar-refractivity contribution in [3.63, 3.8) is 0 Å². The highest BCUT2D eigenvalue weighted by molar-refractivity contribution is 5.55. The molecule has 0 aliphatic carbocycles. The SMILES string of the molecule is C#CCC(C)Nc1nccc(C)c1C#N. The Morgan fingerprint density at radius 3 is 3.00 bits per heavy atom. The van der Waals surface area contributed by atoms with Crippen LogP contribution in [0.2, 0.25) is 0 Å². The van der Waals surface area contributed by atoms with Crippen LogP contribution in [0.25, 0.3) is 0 Å². The standard InChI is InChI=1S/C12H13N3/c1-4-5-10(3)15-12-11(8-13)9(2)6-7-14-12/h1,6-7,10H,5H2,2-3H3,(H,14,15). The summed E-state index contributed by atoms with van der Waals surface area (Å²) in [5.41, 5.74) is 1.50. The average Bonchev–Trinajstić information content (AvgIpc) is 2.18. The van der Waals surface area contributed by atoms with Crippen LogP contribution in [0.4, 0.5) is 5.82 Å². The Morgan fingerprint density at radius 2 is 2.40 bits per heavy atom. The maximum atomic E-state index is 8.97. The summed E-state index contributed by atoms with van der Waals surface area (Å²) in [6.07, 6.45) is 7.50. The van der Waals surface area contributed by atoms with E-state index in [1.807, 2.05) is 19.9 Å². The Hall–Kier alpha value is -2.00. The summed E-state index contributed by atoms with van der Waals surface area (Å²) in [6.45, 7) is 3.85. The smallest absolute Gasteiger partial charge is 0.144 e. The molecule has 3 nitrogen and oxygen atoms in total. The summed E-state index contributed by atoms with van der Waals surface area (Å²) in [7, 11) is 0. The maximum Gasteiger partial charge on any atom is 0.144 e. The molecule has 1 atom stereocenters. The Kier molecular flexibility index (Phi) is 3.71. The Labute approximate surface area is 90.1 Å². The van der Waals surface area contributed by atoms with E-state index in [4.69, 9.17) is 11.7 Å². The summed E-state index contributed by atoms with van der Waals surface area (Å²) in [5.74, 6) is 3.18. The number of aromatic nitrogens is 1. The van der Waals surface area contributed by atoms with Crippen molar-refractivity contribution in [1.29, 1.82) is 5.26 Å². The molecule has 1 N–H and O–H groups in total. The minimum absolute atomic E-state index is 0.122. The zero-order chi connectivity index (χ0) is 11.3. The fraction of sp³-hybridized carbons (Fsp3) is 0.333. The van der Waals surface area contributed by atoms with Gasteiger partial charge in [0.2, 0.25) is 0 Å². The van der Waals surface area contributed by atoms with E-state index in [9.17, 15) is 0 Å². The zero-order valence-electron chi connectivity index (χ0n) is 8.91. The van der Waals surface area contributed by atoms with Gasteiger partial charge in [-0.15, -0.1) is 12.3 Å². The minimum atomic E-state index is 0.122. The molecule has 0 radical (unpaired) electrons. The van der Waals surface area contributed by atoms with Gasteiger partial charge in [0.25, 0.3) is 0 Å². The third kappa shape index (κ3) is 2.72.